The van der Waals surface area contributed by atoms with Gasteiger partial charge in [0, 0.05) is 24.2 Å². The summed E-state index contributed by atoms with van der Waals surface area (Å²) in [6.07, 6.45) is 5.21. The summed E-state index contributed by atoms with van der Waals surface area (Å²) in [4.78, 5) is 4.52. The summed E-state index contributed by atoms with van der Waals surface area (Å²) in [5.74, 6) is 0.637. The van der Waals surface area contributed by atoms with E-state index in [1.807, 2.05) is 10.6 Å². The van der Waals surface area contributed by atoms with Gasteiger partial charge >= 0.3 is 0 Å². The zero-order valence-corrected chi connectivity index (χ0v) is 10.2. The Bertz CT molecular complexity index is 538. The molecule has 0 radical (unpaired) electrons. The van der Waals surface area contributed by atoms with E-state index in [9.17, 15) is 0 Å². The molecule has 1 fully saturated rings. The molecule has 4 nitrogen and oxygen atoms in total. The maximum absolute atomic E-state index is 5.65. The van der Waals surface area contributed by atoms with Crippen LogP contribution in [0.5, 0.6) is 0 Å². The summed E-state index contributed by atoms with van der Waals surface area (Å²) in [7, 11) is 0. The minimum atomic E-state index is 0.487. The molecule has 0 amide bonds. The maximum atomic E-state index is 5.65. The van der Waals surface area contributed by atoms with Crippen LogP contribution in [0.25, 0.3) is 5.65 Å². The van der Waals surface area contributed by atoms with Gasteiger partial charge in [-0.25, -0.2) is 9.50 Å². The molecule has 2 heterocycles. The van der Waals surface area contributed by atoms with Crippen molar-refractivity contribution in [1.29, 1.82) is 0 Å². The van der Waals surface area contributed by atoms with Gasteiger partial charge in [-0.15, -0.1) is 0 Å². The number of fused-ring (bicyclic) bond motifs is 1. The highest BCUT2D eigenvalue weighted by Gasteiger charge is 2.20. The summed E-state index contributed by atoms with van der Waals surface area (Å²) >= 11 is 0. The van der Waals surface area contributed by atoms with Crippen LogP contribution in [0, 0.1) is 6.92 Å². The molecule has 0 spiro atoms. The van der Waals surface area contributed by atoms with Gasteiger partial charge < -0.3 is 5.73 Å². The fourth-order valence-electron chi connectivity index (χ4n) is 2.74. The molecular weight excluding hydrogens is 212 g/mol. The first-order valence-corrected chi connectivity index (χ1v) is 6.34. The van der Waals surface area contributed by atoms with Crippen molar-refractivity contribution in [1.82, 2.24) is 14.6 Å². The second-order valence-electron chi connectivity index (χ2n) is 4.91. The smallest absolute Gasteiger partial charge is 0.155 e. The molecule has 3 rings (SSSR count). The molecule has 0 unspecified atom stereocenters. The fraction of sp³-hybridized carbons (Fsp3) is 0.538. The minimum Gasteiger partial charge on any atom is -0.325 e. The van der Waals surface area contributed by atoms with E-state index in [0.717, 1.165) is 17.0 Å². The Balaban J connectivity index is 2.08. The highest BCUT2D eigenvalue weighted by Crippen LogP contribution is 2.33. The van der Waals surface area contributed by atoms with Crippen molar-refractivity contribution in [2.24, 2.45) is 5.73 Å². The molecular formula is C13H18N4. The minimum absolute atomic E-state index is 0.487. The second kappa shape index (κ2) is 4.11. The van der Waals surface area contributed by atoms with E-state index in [0.29, 0.717) is 12.5 Å². The first kappa shape index (κ1) is 10.7. The number of nitrogens with zero attached hydrogens (tertiary/aromatic N) is 3. The van der Waals surface area contributed by atoms with Gasteiger partial charge in [0.25, 0.3) is 0 Å². The molecule has 1 aliphatic carbocycles. The van der Waals surface area contributed by atoms with E-state index in [4.69, 9.17) is 5.73 Å². The molecule has 0 aromatic carbocycles. The summed E-state index contributed by atoms with van der Waals surface area (Å²) in [5, 5.41) is 4.68. The average molecular weight is 230 g/mol. The van der Waals surface area contributed by atoms with Gasteiger partial charge in [0.2, 0.25) is 0 Å². The van der Waals surface area contributed by atoms with Gasteiger partial charge in [0.05, 0.1) is 11.4 Å². The van der Waals surface area contributed by atoms with Gasteiger partial charge in [-0.2, -0.15) is 5.10 Å². The average Bonchev–Trinajstić information content (AvgIpc) is 2.96. The molecule has 0 aliphatic heterocycles. The van der Waals surface area contributed by atoms with Crippen LogP contribution in [-0.4, -0.2) is 14.6 Å². The third kappa shape index (κ3) is 1.82. The molecule has 0 saturated heterocycles. The number of nitrogens with two attached hydrogens (primary N) is 1. The highest BCUT2D eigenvalue weighted by atomic mass is 15.3. The van der Waals surface area contributed by atoms with Crippen LogP contribution < -0.4 is 5.73 Å². The number of aromatic nitrogens is 3. The molecule has 2 N–H and O–H groups in total. The van der Waals surface area contributed by atoms with Crippen LogP contribution in [0.2, 0.25) is 0 Å². The van der Waals surface area contributed by atoms with E-state index in [2.05, 4.69) is 23.1 Å². The number of rotatable bonds is 2. The fourth-order valence-corrected chi connectivity index (χ4v) is 2.74. The molecule has 90 valence electrons. The van der Waals surface area contributed by atoms with Gasteiger partial charge in [-0.1, -0.05) is 12.8 Å². The monoisotopic (exact) mass is 230 g/mol. The maximum Gasteiger partial charge on any atom is 0.155 e. The Morgan fingerprint density at radius 2 is 2.12 bits per heavy atom. The van der Waals surface area contributed by atoms with Crippen LogP contribution in [-0.2, 0) is 6.54 Å². The zero-order valence-electron chi connectivity index (χ0n) is 10.2. The molecule has 2 aromatic heterocycles. The molecule has 0 bridgehead atoms. The van der Waals surface area contributed by atoms with Crippen LogP contribution in [0.4, 0.5) is 0 Å². The molecule has 2 aromatic rings. The van der Waals surface area contributed by atoms with Crippen molar-refractivity contribution in [3.8, 4) is 0 Å². The van der Waals surface area contributed by atoms with Crippen molar-refractivity contribution < 1.29 is 0 Å². The quantitative estimate of drug-likeness (QED) is 0.860. The lowest BCUT2D eigenvalue weighted by Gasteiger charge is -2.03. The van der Waals surface area contributed by atoms with Crippen molar-refractivity contribution >= 4 is 5.65 Å². The standard InChI is InChI=1S/C13H18N4/c1-9-6-11(8-14)15-13-7-12(16-17(9)13)10-4-2-3-5-10/h6-7,10H,2-5,8,14H2,1H3. The lowest BCUT2D eigenvalue weighted by Crippen LogP contribution is -2.04. The summed E-state index contributed by atoms with van der Waals surface area (Å²) in [6, 6.07) is 4.14. The van der Waals surface area contributed by atoms with Crippen molar-refractivity contribution in [2.75, 3.05) is 0 Å². The van der Waals surface area contributed by atoms with Crippen molar-refractivity contribution in [3.63, 3.8) is 0 Å². The SMILES string of the molecule is Cc1cc(CN)nc2cc(C3CCCC3)nn12. The Kier molecular flexibility index (Phi) is 2.59. The Morgan fingerprint density at radius 3 is 2.82 bits per heavy atom. The van der Waals surface area contributed by atoms with E-state index < -0.39 is 0 Å². The Hall–Kier alpha value is -1.42. The summed E-state index contributed by atoms with van der Waals surface area (Å²) < 4.78 is 1.94. The van der Waals surface area contributed by atoms with Crippen LogP contribution in [0.1, 0.15) is 48.7 Å². The first-order valence-electron chi connectivity index (χ1n) is 6.34. The Labute approximate surface area is 101 Å². The zero-order chi connectivity index (χ0) is 11.8. The summed E-state index contributed by atoms with van der Waals surface area (Å²) in [5.41, 5.74) is 9.83. The van der Waals surface area contributed by atoms with Gasteiger partial charge in [-0.3, -0.25) is 0 Å². The molecule has 1 aliphatic rings. The lowest BCUT2D eigenvalue weighted by molar-refractivity contribution is 0.681. The predicted octanol–water partition coefficient (Wildman–Crippen LogP) is 2.15. The lowest BCUT2D eigenvalue weighted by atomic mass is 10.1. The summed E-state index contributed by atoms with van der Waals surface area (Å²) in [6.45, 7) is 2.54. The van der Waals surface area contributed by atoms with E-state index >= 15 is 0 Å². The van der Waals surface area contributed by atoms with Gasteiger partial charge in [0.1, 0.15) is 0 Å². The first-order chi connectivity index (χ1) is 8.28. The van der Waals surface area contributed by atoms with Crippen LogP contribution in [0.15, 0.2) is 12.1 Å². The van der Waals surface area contributed by atoms with Crippen molar-refractivity contribution in [3.05, 3.63) is 29.2 Å². The predicted molar refractivity (Wildman–Crippen MR) is 66.8 cm³/mol. The highest BCUT2D eigenvalue weighted by molar-refractivity contribution is 5.42. The van der Waals surface area contributed by atoms with E-state index in [1.165, 1.54) is 31.4 Å². The van der Waals surface area contributed by atoms with Crippen LogP contribution in [0.3, 0.4) is 0 Å². The molecule has 4 heteroatoms. The number of hydrogen-bond donors (Lipinski definition) is 1. The van der Waals surface area contributed by atoms with E-state index in [-0.39, 0.29) is 0 Å². The third-order valence-electron chi connectivity index (χ3n) is 3.66. The third-order valence-corrected chi connectivity index (χ3v) is 3.66. The number of aryl methyl sites for hydroxylation is 1. The topological polar surface area (TPSA) is 56.2 Å². The molecule has 1 saturated carbocycles. The largest absolute Gasteiger partial charge is 0.325 e. The van der Waals surface area contributed by atoms with E-state index in [1.54, 1.807) is 0 Å². The second-order valence-corrected chi connectivity index (χ2v) is 4.91. The number of hydrogen-bond acceptors (Lipinski definition) is 3. The van der Waals surface area contributed by atoms with Crippen LogP contribution >= 0.6 is 0 Å². The molecule has 17 heavy (non-hydrogen) atoms. The van der Waals surface area contributed by atoms with Gasteiger partial charge in [-0.05, 0) is 25.8 Å². The Morgan fingerprint density at radius 1 is 1.35 bits per heavy atom. The van der Waals surface area contributed by atoms with Crippen molar-refractivity contribution in [2.45, 2.75) is 45.1 Å². The molecule has 0 atom stereocenters. The normalized spacial score (nSPS) is 17.1. The van der Waals surface area contributed by atoms with Gasteiger partial charge in [0.15, 0.2) is 5.65 Å².